The van der Waals surface area contributed by atoms with Crippen LogP contribution in [0.25, 0.3) is 22.1 Å². The fraction of sp³-hybridized carbons (Fsp3) is 0.0435. The number of anilines is 1. The lowest BCUT2D eigenvalue weighted by Crippen LogP contribution is -2.11. The Kier molecular flexibility index (Phi) is 4.72. The summed E-state index contributed by atoms with van der Waals surface area (Å²) in [7, 11) is 0. The zero-order valence-corrected chi connectivity index (χ0v) is 15.8. The molecule has 1 heterocycles. The van der Waals surface area contributed by atoms with E-state index in [4.69, 9.17) is 16.0 Å². The van der Waals surface area contributed by atoms with Gasteiger partial charge in [0.15, 0.2) is 0 Å². The largest absolute Gasteiger partial charge is 0.423 e. The summed E-state index contributed by atoms with van der Waals surface area (Å²) in [5, 5.41) is 4.35. The van der Waals surface area contributed by atoms with Gasteiger partial charge in [-0.25, -0.2) is 4.79 Å². The third-order valence-electron chi connectivity index (χ3n) is 4.53. The van der Waals surface area contributed by atoms with E-state index in [0.29, 0.717) is 21.9 Å². The molecule has 4 nitrogen and oxygen atoms in total. The highest BCUT2D eigenvalue weighted by atomic mass is 35.5. The molecule has 5 heteroatoms. The molecule has 4 rings (SSSR count). The second-order valence-corrected chi connectivity index (χ2v) is 6.93. The first kappa shape index (κ1) is 18.0. The van der Waals surface area contributed by atoms with Gasteiger partial charge in [-0.1, -0.05) is 35.9 Å². The third kappa shape index (κ3) is 3.68. The summed E-state index contributed by atoms with van der Waals surface area (Å²) in [6.45, 7) is 1.88. The topological polar surface area (TPSA) is 59.3 Å². The van der Waals surface area contributed by atoms with Gasteiger partial charge < -0.3 is 9.73 Å². The van der Waals surface area contributed by atoms with Crippen molar-refractivity contribution in [1.29, 1.82) is 0 Å². The van der Waals surface area contributed by atoms with Crippen molar-refractivity contribution in [3.8, 4) is 11.1 Å². The highest BCUT2D eigenvalue weighted by Crippen LogP contribution is 2.26. The number of nitrogens with one attached hydrogen (secondary N) is 1. The van der Waals surface area contributed by atoms with Crippen LogP contribution in [0, 0.1) is 6.92 Å². The van der Waals surface area contributed by atoms with Crippen LogP contribution in [0.1, 0.15) is 15.9 Å². The first-order valence-corrected chi connectivity index (χ1v) is 9.09. The number of benzene rings is 3. The van der Waals surface area contributed by atoms with Crippen molar-refractivity contribution in [1.82, 2.24) is 0 Å². The maximum Gasteiger partial charge on any atom is 0.336 e. The van der Waals surface area contributed by atoms with Crippen LogP contribution in [0.4, 0.5) is 5.69 Å². The Labute approximate surface area is 166 Å². The summed E-state index contributed by atoms with van der Waals surface area (Å²) < 4.78 is 5.31. The normalized spacial score (nSPS) is 10.8. The van der Waals surface area contributed by atoms with Crippen LogP contribution in [-0.4, -0.2) is 5.91 Å². The maximum absolute atomic E-state index is 12.4. The fourth-order valence-corrected chi connectivity index (χ4v) is 3.18. The minimum absolute atomic E-state index is 0.200. The smallest absolute Gasteiger partial charge is 0.336 e. The minimum atomic E-state index is -0.364. The molecular weight excluding hydrogens is 374 g/mol. The van der Waals surface area contributed by atoms with E-state index in [1.165, 1.54) is 6.07 Å². The van der Waals surface area contributed by atoms with Crippen LogP contribution in [0.5, 0.6) is 0 Å². The lowest BCUT2D eigenvalue weighted by molar-refractivity contribution is 0.102. The predicted octanol–water partition coefficient (Wildman–Crippen LogP) is 5.67. The molecule has 1 aromatic heterocycles. The maximum atomic E-state index is 12.4. The molecule has 0 saturated carbocycles. The summed E-state index contributed by atoms with van der Waals surface area (Å²) in [5.74, 6) is -0.200. The van der Waals surface area contributed by atoms with Crippen LogP contribution in [0.3, 0.4) is 0 Å². The van der Waals surface area contributed by atoms with Crippen molar-refractivity contribution in [3.63, 3.8) is 0 Å². The predicted molar refractivity (Wildman–Crippen MR) is 112 cm³/mol. The van der Waals surface area contributed by atoms with Crippen molar-refractivity contribution in [3.05, 3.63) is 99.4 Å². The van der Waals surface area contributed by atoms with E-state index >= 15 is 0 Å². The number of hydrogen-bond acceptors (Lipinski definition) is 3. The van der Waals surface area contributed by atoms with Gasteiger partial charge in [0.25, 0.3) is 5.91 Å². The van der Waals surface area contributed by atoms with E-state index in [9.17, 15) is 9.59 Å². The molecule has 4 aromatic rings. The first-order chi connectivity index (χ1) is 13.5. The van der Waals surface area contributed by atoms with Gasteiger partial charge in [-0.2, -0.15) is 0 Å². The monoisotopic (exact) mass is 389 g/mol. The number of rotatable bonds is 3. The Balaban J connectivity index is 1.59. The molecule has 138 valence electrons. The Morgan fingerprint density at radius 2 is 1.57 bits per heavy atom. The number of carbonyl (C=O) groups is 1. The zero-order valence-electron chi connectivity index (χ0n) is 15.0. The standard InChI is InChI=1S/C23H16ClNO3/c1-14-12-22(26)28-21-13-17(6-11-20(14)21)15-2-4-16(5-3-15)23(27)25-19-9-7-18(24)8-10-19/h2-13H,1H3,(H,25,27). The van der Waals surface area contributed by atoms with E-state index in [1.54, 1.807) is 36.4 Å². The molecule has 3 aromatic carbocycles. The second kappa shape index (κ2) is 7.33. The molecule has 1 amide bonds. The molecule has 0 aliphatic rings. The van der Waals surface area contributed by atoms with Gasteiger partial charge in [-0.05, 0) is 66.1 Å². The molecule has 0 aliphatic heterocycles. The molecule has 0 saturated heterocycles. The number of halogens is 1. The molecule has 0 aliphatic carbocycles. The summed E-state index contributed by atoms with van der Waals surface area (Å²) in [6, 6.07) is 21.4. The van der Waals surface area contributed by atoms with E-state index < -0.39 is 0 Å². The molecule has 0 bridgehead atoms. The van der Waals surface area contributed by atoms with Gasteiger partial charge in [0, 0.05) is 27.7 Å². The van der Waals surface area contributed by atoms with Crippen molar-refractivity contribution in [2.45, 2.75) is 6.92 Å². The highest BCUT2D eigenvalue weighted by molar-refractivity contribution is 6.30. The molecule has 0 radical (unpaired) electrons. The minimum Gasteiger partial charge on any atom is -0.423 e. The molecule has 0 unspecified atom stereocenters. The molecular formula is C23H16ClNO3. The number of hydrogen-bond donors (Lipinski definition) is 1. The number of aryl methyl sites for hydroxylation is 1. The van der Waals surface area contributed by atoms with Gasteiger partial charge in [0.05, 0.1) is 0 Å². The van der Waals surface area contributed by atoms with Gasteiger partial charge in [0.2, 0.25) is 0 Å². The van der Waals surface area contributed by atoms with Crippen molar-refractivity contribution in [2.75, 3.05) is 5.32 Å². The van der Waals surface area contributed by atoms with E-state index in [0.717, 1.165) is 22.1 Å². The lowest BCUT2D eigenvalue weighted by Gasteiger charge is -2.08. The van der Waals surface area contributed by atoms with Crippen LogP contribution in [0.15, 0.2) is 82.0 Å². The quantitative estimate of drug-likeness (QED) is 0.459. The number of amides is 1. The van der Waals surface area contributed by atoms with Crippen molar-refractivity contribution in [2.24, 2.45) is 0 Å². The van der Waals surface area contributed by atoms with Crippen LogP contribution >= 0.6 is 11.6 Å². The van der Waals surface area contributed by atoms with Crippen LogP contribution in [-0.2, 0) is 0 Å². The highest BCUT2D eigenvalue weighted by Gasteiger charge is 2.08. The first-order valence-electron chi connectivity index (χ1n) is 8.71. The second-order valence-electron chi connectivity index (χ2n) is 6.50. The summed E-state index contributed by atoms with van der Waals surface area (Å²) in [6.07, 6.45) is 0. The molecule has 0 spiro atoms. The van der Waals surface area contributed by atoms with Crippen LogP contribution in [0.2, 0.25) is 5.02 Å². The van der Waals surface area contributed by atoms with E-state index in [-0.39, 0.29) is 11.5 Å². The molecule has 0 atom stereocenters. The SMILES string of the molecule is Cc1cc(=O)oc2cc(-c3ccc(C(=O)Nc4ccc(Cl)cc4)cc3)ccc12. The number of carbonyl (C=O) groups excluding carboxylic acids is 1. The summed E-state index contributed by atoms with van der Waals surface area (Å²) >= 11 is 5.86. The van der Waals surface area contributed by atoms with Crippen molar-refractivity contribution >= 4 is 34.2 Å². The Morgan fingerprint density at radius 1 is 0.893 bits per heavy atom. The fourth-order valence-electron chi connectivity index (χ4n) is 3.06. The Bertz CT molecular complexity index is 1230. The van der Waals surface area contributed by atoms with Gasteiger partial charge >= 0.3 is 5.63 Å². The van der Waals surface area contributed by atoms with E-state index in [2.05, 4.69) is 5.32 Å². The molecule has 0 fully saturated rings. The summed E-state index contributed by atoms with van der Waals surface area (Å²) in [5.41, 5.74) is 4.12. The lowest BCUT2D eigenvalue weighted by atomic mass is 10.0. The summed E-state index contributed by atoms with van der Waals surface area (Å²) in [4.78, 5) is 24.0. The van der Waals surface area contributed by atoms with Gasteiger partial charge in [-0.15, -0.1) is 0 Å². The average Bonchev–Trinajstić information content (AvgIpc) is 2.69. The average molecular weight is 390 g/mol. The van der Waals surface area contributed by atoms with E-state index in [1.807, 2.05) is 37.3 Å². The zero-order chi connectivity index (χ0) is 19.7. The van der Waals surface area contributed by atoms with Crippen molar-refractivity contribution < 1.29 is 9.21 Å². The number of fused-ring (bicyclic) bond motifs is 1. The third-order valence-corrected chi connectivity index (χ3v) is 4.79. The molecule has 28 heavy (non-hydrogen) atoms. The Hall–Kier alpha value is -3.37. The van der Waals surface area contributed by atoms with Crippen LogP contribution < -0.4 is 10.9 Å². The van der Waals surface area contributed by atoms with Gasteiger partial charge in [-0.3, -0.25) is 4.79 Å². The Morgan fingerprint density at radius 3 is 2.29 bits per heavy atom. The van der Waals surface area contributed by atoms with Gasteiger partial charge in [0.1, 0.15) is 5.58 Å². The molecule has 1 N–H and O–H groups in total.